The molecule has 1 aliphatic rings. The third-order valence-electron chi connectivity index (χ3n) is 2.86. The van der Waals surface area contributed by atoms with Crippen LogP contribution in [0, 0.1) is 0 Å². The molecule has 10 heteroatoms. The molecule has 0 aromatic heterocycles. The van der Waals surface area contributed by atoms with Crippen molar-refractivity contribution in [1.29, 1.82) is 0 Å². The van der Waals surface area contributed by atoms with Crippen LogP contribution in [0.3, 0.4) is 0 Å². The van der Waals surface area contributed by atoms with Crippen molar-refractivity contribution in [2.75, 3.05) is 6.61 Å². The van der Waals surface area contributed by atoms with Crippen molar-refractivity contribution < 1.29 is 19.0 Å². The Morgan fingerprint density at radius 3 is 2.35 bits per heavy atom. The number of carbonyl (C=O) groups is 1. The van der Waals surface area contributed by atoms with Crippen molar-refractivity contribution in [2.45, 2.75) is 26.9 Å². The monoisotopic (exact) mass is 440 g/mol. The maximum atomic E-state index is 11.8. The van der Waals surface area contributed by atoms with Gasteiger partial charge >= 0.3 is 5.97 Å². The number of carbonyl (C=O) groups excluding carboxylic acids is 1. The summed E-state index contributed by atoms with van der Waals surface area (Å²) in [4.78, 5) is 11.8. The van der Waals surface area contributed by atoms with E-state index in [0.29, 0.717) is 5.56 Å². The largest absolute Gasteiger partial charge is 0.462 e. The van der Waals surface area contributed by atoms with Crippen LogP contribution in [0.2, 0.25) is 0 Å². The molecule has 0 N–H and O–H groups in total. The van der Waals surface area contributed by atoms with Gasteiger partial charge in [0.25, 0.3) is 3.79 Å². The van der Waals surface area contributed by atoms with Gasteiger partial charge in [0, 0.05) is 5.56 Å². The molecular formula is C13H10Cl6O4. The van der Waals surface area contributed by atoms with Crippen molar-refractivity contribution in [3.63, 3.8) is 0 Å². The molecule has 0 amide bonds. The molecule has 0 aliphatic carbocycles. The van der Waals surface area contributed by atoms with E-state index in [1.807, 2.05) is 0 Å². The van der Waals surface area contributed by atoms with Gasteiger partial charge in [-0.05, 0) is 25.1 Å². The first-order valence-corrected chi connectivity index (χ1v) is 8.57. The molecule has 4 nitrogen and oxygen atoms in total. The van der Waals surface area contributed by atoms with Crippen LogP contribution in [0.25, 0.3) is 0 Å². The summed E-state index contributed by atoms with van der Waals surface area (Å²) in [5.41, 5.74) is 0.588. The second kappa shape index (κ2) is 7.20. The van der Waals surface area contributed by atoms with Gasteiger partial charge in [-0.3, -0.25) is 0 Å². The highest BCUT2D eigenvalue weighted by atomic mass is 35.6. The van der Waals surface area contributed by atoms with E-state index in [-0.39, 0.29) is 17.9 Å². The molecule has 2 atom stereocenters. The van der Waals surface area contributed by atoms with E-state index in [9.17, 15) is 4.79 Å². The summed E-state index contributed by atoms with van der Waals surface area (Å²) >= 11 is 35.2. The first kappa shape index (κ1) is 19.5. The fourth-order valence-corrected chi connectivity index (χ4v) is 2.73. The number of esters is 1. The first-order chi connectivity index (χ1) is 10.5. The van der Waals surface area contributed by atoms with Gasteiger partial charge in [0.2, 0.25) is 10.1 Å². The van der Waals surface area contributed by atoms with Gasteiger partial charge in [-0.15, -0.1) is 0 Å². The molecule has 23 heavy (non-hydrogen) atoms. The maximum absolute atomic E-state index is 11.8. The Bertz CT molecular complexity index is 595. The Balaban J connectivity index is 2.45. The third kappa shape index (κ3) is 4.63. The van der Waals surface area contributed by atoms with Crippen LogP contribution in [-0.2, 0) is 9.47 Å². The van der Waals surface area contributed by atoms with Crippen molar-refractivity contribution in [1.82, 2.24) is 0 Å². The minimum absolute atomic E-state index is 0.228. The lowest BCUT2D eigenvalue weighted by Gasteiger charge is -2.38. The Morgan fingerprint density at radius 1 is 1.17 bits per heavy atom. The van der Waals surface area contributed by atoms with Gasteiger partial charge < -0.3 is 14.2 Å². The number of alkyl halides is 6. The Kier molecular flexibility index (Phi) is 6.11. The van der Waals surface area contributed by atoms with E-state index in [1.54, 1.807) is 6.92 Å². The van der Waals surface area contributed by atoms with Crippen molar-refractivity contribution >= 4 is 75.6 Å². The number of ether oxygens (including phenoxy) is 3. The molecule has 0 bridgehead atoms. The molecule has 0 saturated heterocycles. The second-order valence-electron chi connectivity index (χ2n) is 4.52. The van der Waals surface area contributed by atoms with Gasteiger partial charge in [0.1, 0.15) is 11.9 Å². The number of fused-ring (bicyclic) bond motifs is 1. The van der Waals surface area contributed by atoms with Gasteiger partial charge in [-0.25, -0.2) is 4.79 Å². The van der Waals surface area contributed by atoms with Crippen LogP contribution in [0.4, 0.5) is 0 Å². The molecule has 1 aromatic rings. The molecule has 0 fully saturated rings. The number of hydrogen-bond acceptors (Lipinski definition) is 4. The van der Waals surface area contributed by atoms with E-state index in [0.717, 1.165) is 0 Å². The molecule has 0 radical (unpaired) electrons. The first-order valence-electron chi connectivity index (χ1n) is 6.30. The molecule has 2 unspecified atom stereocenters. The summed E-state index contributed by atoms with van der Waals surface area (Å²) in [7, 11) is 0. The minimum Gasteiger partial charge on any atom is -0.462 e. The molecule has 2 rings (SSSR count). The van der Waals surface area contributed by atoms with E-state index in [4.69, 9.17) is 83.8 Å². The third-order valence-corrected chi connectivity index (χ3v) is 3.99. The second-order valence-corrected chi connectivity index (χ2v) is 9.26. The number of rotatable bonds is 2. The fraction of sp³-hybridized carbons (Fsp3) is 0.462. The van der Waals surface area contributed by atoms with E-state index in [1.165, 1.54) is 18.2 Å². The van der Waals surface area contributed by atoms with Crippen LogP contribution in [-0.4, -0.2) is 26.5 Å². The average molecular weight is 443 g/mol. The highest BCUT2D eigenvalue weighted by molar-refractivity contribution is 6.68. The zero-order chi connectivity index (χ0) is 17.4. The Labute approximate surface area is 162 Å². The van der Waals surface area contributed by atoms with Crippen molar-refractivity contribution in [3.8, 4) is 5.75 Å². The average Bonchev–Trinajstić information content (AvgIpc) is 2.43. The normalized spacial score (nSPS) is 21.3. The predicted molar refractivity (Wildman–Crippen MR) is 91.2 cm³/mol. The minimum atomic E-state index is -1.90. The summed E-state index contributed by atoms with van der Waals surface area (Å²) in [6.45, 7) is 1.92. The fourth-order valence-electron chi connectivity index (χ4n) is 1.94. The van der Waals surface area contributed by atoms with Gasteiger partial charge in [0.05, 0.1) is 12.2 Å². The molecule has 1 aromatic carbocycles. The van der Waals surface area contributed by atoms with Crippen LogP contribution >= 0.6 is 69.6 Å². The molecule has 1 heterocycles. The van der Waals surface area contributed by atoms with Crippen molar-refractivity contribution in [2.24, 2.45) is 0 Å². The topological polar surface area (TPSA) is 44.8 Å². The molecule has 128 valence electrons. The Morgan fingerprint density at radius 2 is 1.83 bits per heavy atom. The summed E-state index contributed by atoms with van der Waals surface area (Å²) in [5.74, 6) is -0.251. The van der Waals surface area contributed by atoms with Gasteiger partial charge in [-0.2, -0.15) is 0 Å². The summed E-state index contributed by atoms with van der Waals surface area (Å²) in [6.07, 6.45) is -2.39. The smallest absolute Gasteiger partial charge is 0.338 e. The molecular weight excluding hydrogens is 433 g/mol. The van der Waals surface area contributed by atoms with Crippen LogP contribution in [0.5, 0.6) is 5.75 Å². The van der Waals surface area contributed by atoms with E-state index < -0.39 is 25.9 Å². The lowest BCUT2D eigenvalue weighted by Crippen LogP contribution is -2.42. The lowest BCUT2D eigenvalue weighted by molar-refractivity contribution is -0.136. The summed E-state index contributed by atoms with van der Waals surface area (Å²) < 4.78 is 12.1. The zero-order valence-corrected chi connectivity index (χ0v) is 16.0. The molecule has 0 spiro atoms. The Hall–Kier alpha value is 0.190. The lowest BCUT2D eigenvalue weighted by atomic mass is 10.0. The summed E-state index contributed by atoms with van der Waals surface area (Å²) in [5, 5.41) is 0. The van der Waals surface area contributed by atoms with Crippen LogP contribution in [0.1, 0.15) is 28.9 Å². The van der Waals surface area contributed by atoms with Crippen LogP contribution < -0.4 is 4.74 Å². The zero-order valence-electron chi connectivity index (χ0n) is 11.5. The quantitative estimate of drug-likeness (QED) is 0.455. The van der Waals surface area contributed by atoms with E-state index >= 15 is 0 Å². The van der Waals surface area contributed by atoms with E-state index in [2.05, 4.69) is 0 Å². The van der Waals surface area contributed by atoms with Crippen LogP contribution in [0.15, 0.2) is 18.2 Å². The molecule has 1 aliphatic heterocycles. The van der Waals surface area contributed by atoms with Gasteiger partial charge in [0.15, 0.2) is 0 Å². The molecule has 0 saturated carbocycles. The predicted octanol–water partition coefficient (Wildman–Crippen LogP) is 5.38. The highest BCUT2D eigenvalue weighted by Gasteiger charge is 2.48. The maximum Gasteiger partial charge on any atom is 0.338 e. The van der Waals surface area contributed by atoms with Gasteiger partial charge in [-0.1, -0.05) is 69.6 Å². The SMILES string of the molecule is CCOC(=O)c1ccc2c(c1)C(C(Cl)(Cl)Cl)OC(C(Cl)(Cl)Cl)O2. The van der Waals surface area contributed by atoms with Crippen molar-refractivity contribution in [3.05, 3.63) is 29.3 Å². The number of benzene rings is 1. The highest BCUT2D eigenvalue weighted by Crippen LogP contribution is 2.51. The standard InChI is InChI=1S/C13H10Cl6O4/c1-2-21-10(20)6-3-4-8-7(5-6)9(12(14,15)16)23-11(22-8)13(17,18)19/h3-5,9,11H,2H2,1H3. The number of hydrogen-bond donors (Lipinski definition) is 0. The summed E-state index contributed by atoms with van der Waals surface area (Å²) in [6, 6.07) is 4.44. The number of halogens is 6.